The molecule has 1 saturated carbocycles. The first-order valence-corrected chi connectivity index (χ1v) is 6.97. The van der Waals surface area contributed by atoms with Crippen LogP contribution in [0.15, 0.2) is 12.1 Å². The van der Waals surface area contributed by atoms with Crippen molar-refractivity contribution in [3.8, 4) is 11.5 Å². The molecule has 0 amide bonds. The summed E-state index contributed by atoms with van der Waals surface area (Å²) in [5.74, 6) is 2.02. The van der Waals surface area contributed by atoms with Crippen molar-refractivity contribution >= 4 is 11.6 Å². The third kappa shape index (κ3) is 3.34. The highest BCUT2D eigenvalue weighted by Crippen LogP contribution is 2.39. The van der Waals surface area contributed by atoms with Gasteiger partial charge in [0.1, 0.15) is 0 Å². The maximum Gasteiger partial charge on any atom is 0.162 e. The number of hydrogen-bond donors (Lipinski definition) is 1. The summed E-state index contributed by atoms with van der Waals surface area (Å²) in [6.07, 6.45) is 2.48. The van der Waals surface area contributed by atoms with E-state index >= 15 is 0 Å². The van der Waals surface area contributed by atoms with Crippen LogP contribution < -0.4 is 9.47 Å². The zero-order valence-corrected chi connectivity index (χ0v) is 12.5. The van der Waals surface area contributed by atoms with E-state index in [4.69, 9.17) is 21.1 Å². The van der Waals surface area contributed by atoms with Gasteiger partial charge in [-0.15, -0.1) is 0 Å². The van der Waals surface area contributed by atoms with E-state index in [0.29, 0.717) is 22.4 Å². The molecule has 1 aliphatic rings. The van der Waals surface area contributed by atoms with Crippen molar-refractivity contribution in [2.75, 3.05) is 20.3 Å². The van der Waals surface area contributed by atoms with Gasteiger partial charge in [0.25, 0.3) is 0 Å². The van der Waals surface area contributed by atoms with Crippen molar-refractivity contribution in [3.05, 3.63) is 22.7 Å². The van der Waals surface area contributed by atoms with Gasteiger partial charge in [0, 0.05) is 16.5 Å². The van der Waals surface area contributed by atoms with Crippen molar-refractivity contribution in [1.82, 2.24) is 0 Å². The van der Waals surface area contributed by atoms with Gasteiger partial charge in [-0.3, -0.25) is 0 Å². The van der Waals surface area contributed by atoms with E-state index < -0.39 is 5.41 Å². The summed E-state index contributed by atoms with van der Waals surface area (Å²) in [4.78, 5) is 0. The smallest absolute Gasteiger partial charge is 0.162 e. The van der Waals surface area contributed by atoms with Crippen LogP contribution in [0, 0.1) is 5.92 Å². The van der Waals surface area contributed by atoms with Gasteiger partial charge in [0.05, 0.1) is 20.3 Å². The average molecular weight is 285 g/mol. The molecule has 1 fully saturated rings. The molecule has 0 spiro atoms. The first-order chi connectivity index (χ1) is 8.97. The number of methoxy groups -OCH3 is 1. The minimum absolute atomic E-state index is 0.0259. The quantitative estimate of drug-likeness (QED) is 0.870. The molecule has 0 bridgehead atoms. The van der Waals surface area contributed by atoms with Crippen molar-refractivity contribution in [3.63, 3.8) is 0 Å². The number of benzene rings is 1. The molecule has 3 nitrogen and oxygen atoms in total. The van der Waals surface area contributed by atoms with E-state index in [1.807, 2.05) is 19.9 Å². The first kappa shape index (κ1) is 14.5. The summed E-state index contributed by atoms with van der Waals surface area (Å²) in [5.41, 5.74) is 0.464. The van der Waals surface area contributed by atoms with Crippen molar-refractivity contribution < 1.29 is 14.6 Å². The van der Waals surface area contributed by atoms with Crippen LogP contribution in [0.3, 0.4) is 0 Å². The van der Waals surface area contributed by atoms with Crippen LogP contribution in [-0.2, 0) is 5.41 Å². The molecule has 1 N–H and O–H groups in total. The predicted molar refractivity (Wildman–Crippen MR) is 76.3 cm³/mol. The molecule has 1 aromatic carbocycles. The van der Waals surface area contributed by atoms with Crippen LogP contribution in [0.25, 0.3) is 0 Å². The van der Waals surface area contributed by atoms with Crippen LogP contribution >= 0.6 is 11.6 Å². The Morgan fingerprint density at radius 3 is 2.53 bits per heavy atom. The topological polar surface area (TPSA) is 38.7 Å². The molecule has 0 aromatic heterocycles. The molecule has 1 aliphatic carbocycles. The Balaban J connectivity index is 2.27. The molecule has 106 valence electrons. The first-order valence-electron chi connectivity index (χ1n) is 6.59. The number of halogens is 1. The van der Waals surface area contributed by atoms with E-state index in [9.17, 15) is 5.11 Å². The largest absolute Gasteiger partial charge is 0.493 e. The summed E-state index contributed by atoms with van der Waals surface area (Å²) in [6.45, 7) is 4.63. The number of aliphatic hydroxyl groups is 1. The number of ether oxygens (including phenoxy) is 2. The minimum atomic E-state index is -0.403. The summed E-state index contributed by atoms with van der Waals surface area (Å²) in [6, 6.07) is 3.65. The molecule has 4 heteroatoms. The normalized spacial score (nSPS) is 15.4. The Labute approximate surface area is 119 Å². The highest BCUT2D eigenvalue weighted by Gasteiger charge is 2.26. The van der Waals surface area contributed by atoms with Gasteiger partial charge in [0.15, 0.2) is 11.5 Å². The monoisotopic (exact) mass is 284 g/mol. The second kappa shape index (κ2) is 5.59. The zero-order chi connectivity index (χ0) is 14.0. The molecule has 1 aromatic rings. The highest BCUT2D eigenvalue weighted by atomic mass is 35.5. The van der Waals surface area contributed by atoms with Crippen molar-refractivity contribution in [2.24, 2.45) is 5.92 Å². The molecule has 0 radical (unpaired) electrons. The Hall–Kier alpha value is -0.930. The molecule has 0 atom stereocenters. The lowest BCUT2D eigenvalue weighted by atomic mass is 9.85. The van der Waals surface area contributed by atoms with Crippen LogP contribution in [0.4, 0.5) is 0 Å². The minimum Gasteiger partial charge on any atom is -0.493 e. The summed E-state index contributed by atoms with van der Waals surface area (Å²) in [7, 11) is 1.61. The fourth-order valence-electron chi connectivity index (χ4n) is 1.90. The second-order valence-corrected chi connectivity index (χ2v) is 6.19. The molecule has 0 unspecified atom stereocenters. The van der Waals surface area contributed by atoms with Gasteiger partial charge in [-0.2, -0.15) is 0 Å². The van der Waals surface area contributed by atoms with Crippen LogP contribution in [-0.4, -0.2) is 25.4 Å². The standard InChI is InChI=1S/C15H21ClO3/c1-15(2,9-17)11-6-13(18-3)14(7-12(11)16)19-8-10-4-5-10/h6-7,10,17H,4-5,8-9H2,1-3H3. The van der Waals surface area contributed by atoms with Gasteiger partial charge < -0.3 is 14.6 Å². The Kier molecular flexibility index (Phi) is 4.26. The fourth-order valence-corrected chi connectivity index (χ4v) is 2.31. The van der Waals surface area contributed by atoms with Gasteiger partial charge >= 0.3 is 0 Å². The molecule has 2 rings (SSSR count). The van der Waals surface area contributed by atoms with E-state index in [-0.39, 0.29) is 6.61 Å². The van der Waals surface area contributed by atoms with Gasteiger partial charge in [-0.25, -0.2) is 0 Å². The number of hydrogen-bond acceptors (Lipinski definition) is 3. The fraction of sp³-hybridized carbons (Fsp3) is 0.600. The molecule has 0 saturated heterocycles. The van der Waals surface area contributed by atoms with E-state index in [1.54, 1.807) is 13.2 Å². The Morgan fingerprint density at radius 1 is 1.32 bits per heavy atom. The predicted octanol–water partition coefficient (Wildman–Crippen LogP) is 3.41. The van der Waals surface area contributed by atoms with E-state index in [2.05, 4.69) is 0 Å². The number of aliphatic hydroxyl groups excluding tert-OH is 1. The second-order valence-electron chi connectivity index (χ2n) is 5.78. The third-order valence-corrected chi connectivity index (χ3v) is 3.86. The van der Waals surface area contributed by atoms with E-state index in [0.717, 1.165) is 12.2 Å². The van der Waals surface area contributed by atoms with Crippen LogP contribution in [0.5, 0.6) is 11.5 Å². The average Bonchev–Trinajstić information content (AvgIpc) is 3.20. The van der Waals surface area contributed by atoms with Gasteiger partial charge in [-0.05, 0) is 30.4 Å². The highest BCUT2D eigenvalue weighted by molar-refractivity contribution is 6.31. The van der Waals surface area contributed by atoms with Crippen molar-refractivity contribution in [2.45, 2.75) is 32.1 Å². The summed E-state index contributed by atoms with van der Waals surface area (Å²) >= 11 is 6.31. The van der Waals surface area contributed by atoms with Crippen LogP contribution in [0.1, 0.15) is 32.3 Å². The maximum absolute atomic E-state index is 9.46. The van der Waals surface area contributed by atoms with Crippen molar-refractivity contribution in [1.29, 1.82) is 0 Å². The van der Waals surface area contributed by atoms with Gasteiger partial charge in [0.2, 0.25) is 0 Å². The number of rotatable bonds is 6. The lowest BCUT2D eigenvalue weighted by Gasteiger charge is -2.25. The maximum atomic E-state index is 9.46. The lowest BCUT2D eigenvalue weighted by molar-refractivity contribution is 0.217. The lowest BCUT2D eigenvalue weighted by Crippen LogP contribution is -2.22. The van der Waals surface area contributed by atoms with Crippen LogP contribution in [0.2, 0.25) is 5.02 Å². The molecule has 0 heterocycles. The Morgan fingerprint density at radius 2 is 2.00 bits per heavy atom. The SMILES string of the molecule is COc1cc(C(C)(C)CO)c(Cl)cc1OCC1CC1. The Bertz CT molecular complexity index is 453. The third-order valence-electron chi connectivity index (χ3n) is 3.55. The molecule has 0 aliphatic heterocycles. The molecule has 19 heavy (non-hydrogen) atoms. The summed E-state index contributed by atoms with van der Waals surface area (Å²) < 4.78 is 11.1. The molecular weight excluding hydrogens is 264 g/mol. The van der Waals surface area contributed by atoms with E-state index in [1.165, 1.54) is 12.8 Å². The van der Waals surface area contributed by atoms with Gasteiger partial charge in [-0.1, -0.05) is 25.4 Å². The summed E-state index contributed by atoms with van der Waals surface area (Å²) in [5, 5.41) is 10.1. The molecular formula is C15H21ClO3. The zero-order valence-electron chi connectivity index (χ0n) is 11.7.